The van der Waals surface area contributed by atoms with Gasteiger partial charge in [-0.25, -0.2) is 9.97 Å². The summed E-state index contributed by atoms with van der Waals surface area (Å²) in [6.45, 7) is 0. The molecule has 26 heavy (non-hydrogen) atoms. The molecule has 0 radical (unpaired) electrons. The maximum Gasteiger partial charge on any atom is 0.272 e. The van der Waals surface area contributed by atoms with Gasteiger partial charge in [-0.2, -0.15) is 0 Å². The van der Waals surface area contributed by atoms with Crippen LogP contribution >= 0.6 is 23.2 Å². The quantitative estimate of drug-likeness (QED) is 0.675. The lowest BCUT2D eigenvalue weighted by molar-refractivity contribution is 0.0936. The summed E-state index contributed by atoms with van der Waals surface area (Å²) in [7, 11) is 3.45. The molecule has 1 amide bonds. The number of hydrogen-bond donors (Lipinski definition) is 1. The van der Waals surface area contributed by atoms with E-state index in [1.807, 2.05) is 42.1 Å². The summed E-state index contributed by atoms with van der Waals surface area (Å²) in [6.07, 6.45) is 3.48. The summed E-state index contributed by atoms with van der Waals surface area (Å²) in [4.78, 5) is 21.1. The summed E-state index contributed by atoms with van der Waals surface area (Å²) in [5.74, 6) is 0.946. The topological polar surface area (TPSA) is 69.0 Å². The Morgan fingerprint density at radius 1 is 1.19 bits per heavy atom. The minimum Gasteiger partial charge on any atom is -0.497 e. The van der Waals surface area contributed by atoms with Crippen molar-refractivity contribution in [2.45, 2.75) is 6.04 Å². The molecule has 0 fully saturated rings. The Bertz CT molecular complexity index is 925. The third-order valence-corrected chi connectivity index (χ3v) is 4.38. The van der Waals surface area contributed by atoms with Crippen LogP contribution in [0.2, 0.25) is 10.2 Å². The molecule has 1 unspecified atom stereocenters. The fourth-order valence-electron chi connectivity index (χ4n) is 2.53. The minimum atomic E-state index is -0.495. The highest BCUT2D eigenvalue weighted by atomic mass is 35.5. The van der Waals surface area contributed by atoms with Crippen molar-refractivity contribution in [1.29, 1.82) is 0 Å². The van der Waals surface area contributed by atoms with E-state index < -0.39 is 11.9 Å². The first-order valence-corrected chi connectivity index (χ1v) is 8.49. The lowest BCUT2D eigenvalue weighted by atomic mass is 10.1. The Hall–Kier alpha value is -2.57. The number of ether oxygens (including phenoxy) is 1. The van der Waals surface area contributed by atoms with Crippen LogP contribution in [0.4, 0.5) is 0 Å². The molecule has 0 aliphatic heterocycles. The number of imidazole rings is 1. The Morgan fingerprint density at radius 3 is 2.54 bits per heavy atom. The number of carbonyl (C=O) groups is 1. The van der Waals surface area contributed by atoms with Crippen LogP contribution in [0.25, 0.3) is 0 Å². The van der Waals surface area contributed by atoms with Gasteiger partial charge in [0.25, 0.3) is 5.91 Å². The lowest BCUT2D eigenvalue weighted by Crippen LogP contribution is -2.32. The van der Waals surface area contributed by atoms with Crippen molar-refractivity contribution in [3.05, 3.63) is 76.0 Å². The van der Waals surface area contributed by atoms with Crippen LogP contribution in [0.5, 0.6) is 5.75 Å². The first kappa shape index (κ1) is 18.2. The molecule has 0 saturated heterocycles. The van der Waals surface area contributed by atoms with Crippen molar-refractivity contribution in [3.63, 3.8) is 0 Å². The van der Waals surface area contributed by atoms with Crippen LogP contribution in [0.15, 0.2) is 48.8 Å². The van der Waals surface area contributed by atoms with E-state index in [4.69, 9.17) is 27.9 Å². The highest BCUT2D eigenvalue weighted by Crippen LogP contribution is 2.24. The van der Waals surface area contributed by atoms with E-state index in [1.54, 1.807) is 13.3 Å². The zero-order valence-electron chi connectivity index (χ0n) is 14.1. The van der Waals surface area contributed by atoms with Crippen molar-refractivity contribution in [2.75, 3.05) is 7.11 Å². The van der Waals surface area contributed by atoms with E-state index in [0.29, 0.717) is 5.82 Å². The van der Waals surface area contributed by atoms with Gasteiger partial charge < -0.3 is 14.6 Å². The van der Waals surface area contributed by atoms with E-state index in [1.165, 1.54) is 12.1 Å². The van der Waals surface area contributed by atoms with Gasteiger partial charge in [0, 0.05) is 19.4 Å². The van der Waals surface area contributed by atoms with Crippen LogP contribution in [0, 0.1) is 0 Å². The first-order chi connectivity index (χ1) is 12.5. The average Bonchev–Trinajstić information content (AvgIpc) is 3.07. The standard InChI is InChI=1S/C18H16Cl2N4O2/c1-24-10-9-21-17(24)15(11-3-5-12(26-2)6-4-11)23-18(25)16-13(19)7-8-14(20)22-16/h3-10,15H,1-2H3,(H,23,25). The number of amides is 1. The smallest absolute Gasteiger partial charge is 0.272 e. The van der Waals surface area contributed by atoms with Crippen molar-refractivity contribution in [2.24, 2.45) is 7.05 Å². The maximum atomic E-state index is 12.8. The van der Waals surface area contributed by atoms with E-state index in [-0.39, 0.29) is 15.9 Å². The molecule has 2 aromatic heterocycles. The third-order valence-electron chi connectivity index (χ3n) is 3.87. The second kappa shape index (κ2) is 7.76. The Kier molecular flexibility index (Phi) is 5.44. The molecule has 3 rings (SSSR count). The van der Waals surface area contributed by atoms with E-state index in [9.17, 15) is 4.79 Å². The zero-order valence-corrected chi connectivity index (χ0v) is 15.6. The Morgan fingerprint density at radius 2 is 1.92 bits per heavy atom. The molecule has 8 heteroatoms. The van der Waals surface area contributed by atoms with Gasteiger partial charge in [0.2, 0.25) is 0 Å². The number of methoxy groups -OCH3 is 1. The number of halogens is 2. The van der Waals surface area contributed by atoms with E-state index >= 15 is 0 Å². The number of pyridine rings is 1. The SMILES string of the molecule is COc1ccc(C(NC(=O)c2nc(Cl)ccc2Cl)c2nccn2C)cc1. The largest absolute Gasteiger partial charge is 0.497 e. The van der Waals surface area contributed by atoms with Crippen LogP contribution < -0.4 is 10.1 Å². The lowest BCUT2D eigenvalue weighted by Gasteiger charge is -2.19. The number of hydrogen-bond acceptors (Lipinski definition) is 4. The van der Waals surface area contributed by atoms with Gasteiger partial charge >= 0.3 is 0 Å². The number of carbonyl (C=O) groups excluding carboxylic acids is 1. The number of nitrogens with one attached hydrogen (secondary N) is 1. The van der Waals surface area contributed by atoms with Gasteiger partial charge in [-0.15, -0.1) is 0 Å². The molecule has 1 N–H and O–H groups in total. The summed E-state index contributed by atoms with van der Waals surface area (Å²) in [6, 6.07) is 9.95. The zero-order chi connectivity index (χ0) is 18.7. The number of aromatic nitrogens is 3. The molecule has 0 saturated carbocycles. The highest BCUT2D eigenvalue weighted by molar-refractivity contribution is 6.34. The monoisotopic (exact) mass is 390 g/mol. The van der Waals surface area contributed by atoms with Crippen molar-refractivity contribution < 1.29 is 9.53 Å². The van der Waals surface area contributed by atoms with Gasteiger partial charge in [-0.1, -0.05) is 35.3 Å². The molecule has 0 bridgehead atoms. The first-order valence-electron chi connectivity index (χ1n) is 7.73. The Balaban J connectivity index is 1.97. The molecule has 2 heterocycles. The summed E-state index contributed by atoms with van der Waals surface area (Å²) in [5.41, 5.74) is 0.901. The van der Waals surface area contributed by atoms with Gasteiger partial charge in [0.15, 0.2) is 0 Å². The van der Waals surface area contributed by atoms with Gasteiger partial charge in [0.1, 0.15) is 28.5 Å². The second-order valence-electron chi connectivity index (χ2n) is 5.54. The molecule has 0 aliphatic carbocycles. The predicted octanol–water partition coefficient (Wildman–Crippen LogP) is 3.65. The Labute approximate surface area is 160 Å². The molecule has 0 spiro atoms. The molecule has 134 valence electrons. The number of nitrogens with zero attached hydrogens (tertiary/aromatic N) is 3. The molecule has 1 aromatic carbocycles. The van der Waals surface area contributed by atoms with Gasteiger partial charge in [0.05, 0.1) is 12.1 Å². The molecular formula is C18H16Cl2N4O2. The number of benzene rings is 1. The number of aryl methyl sites for hydroxylation is 1. The fraction of sp³-hybridized carbons (Fsp3) is 0.167. The molecule has 1 atom stereocenters. The third kappa shape index (κ3) is 3.81. The van der Waals surface area contributed by atoms with Crippen molar-refractivity contribution in [1.82, 2.24) is 19.9 Å². The summed E-state index contributed by atoms with van der Waals surface area (Å²) >= 11 is 12.0. The molecular weight excluding hydrogens is 375 g/mol. The fourth-order valence-corrected chi connectivity index (χ4v) is 2.86. The second-order valence-corrected chi connectivity index (χ2v) is 6.33. The predicted molar refractivity (Wildman–Crippen MR) is 99.8 cm³/mol. The van der Waals surface area contributed by atoms with Gasteiger partial charge in [-0.05, 0) is 29.8 Å². The van der Waals surface area contributed by atoms with Crippen LogP contribution in [0.3, 0.4) is 0 Å². The van der Waals surface area contributed by atoms with E-state index in [0.717, 1.165) is 11.3 Å². The van der Waals surface area contributed by atoms with Crippen LogP contribution in [-0.4, -0.2) is 27.6 Å². The molecule has 3 aromatic rings. The summed E-state index contributed by atoms with van der Waals surface area (Å²) < 4.78 is 7.03. The maximum absolute atomic E-state index is 12.8. The highest BCUT2D eigenvalue weighted by Gasteiger charge is 2.23. The summed E-state index contributed by atoms with van der Waals surface area (Å²) in [5, 5.41) is 3.34. The number of rotatable bonds is 5. The van der Waals surface area contributed by atoms with Crippen molar-refractivity contribution >= 4 is 29.1 Å². The minimum absolute atomic E-state index is 0.0619. The van der Waals surface area contributed by atoms with Crippen LogP contribution in [0.1, 0.15) is 27.9 Å². The van der Waals surface area contributed by atoms with Crippen LogP contribution in [-0.2, 0) is 7.05 Å². The van der Waals surface area contributed by atoms with Gasteiger partial charge in [-0.3, -0.25) is 4.79 Å². The average molecular weight is 391 g/mol. The normalized spacial score (nSPS) is 11.8. The van der Waals surface area contributed by atoms with Crippen molar-refractivity contribution in [3.8, 4) is 5.75 Å². The molecule has 0 aliphatic rings. The van der Waals surface area contributed by atoms with E-state index in [2.05, 4.69) is 15.3 Å². The molecule has 6 nitrogen and oxygen atoms in total.